The number of rotatable bonds is 6. The van der Waals surface area contributed by atoms with Gasteiger partial charge in [0.05, 0.1) is 13.3 Å². The second-order valence-electron chi connectivity index (χ2n) is 7.61. The zero-order valence-corrected chi connectivity index (χ0v) is 21.1. The molecule has 160 valence electrons. The fourth-order valence-corrected chi connectivity index (χ4v) is 9.48. The zero-order chi connectivity index (χ0) is 21.1. The highest BCUT2D eigenvalue weighted by Crippen LogP contribution is 2.58. The standard InChI is InChI=1S/C28H24OPS.BrH/c1-29-27-19-22(20-28-26(27)17-18-31-28)21-30(23-11-5-2-6-12-23,24-13-7-3-8-14-24)25-15-9-4-10-16-25;/h2-20H,21H2,1H3;1H/q+1;/p-1. The number of fused-ring (bicyclic) bond motifs is 1. The Bertz CT molecular complexity index is 1190. The Morgan fingerprint density at radius 3 is 1.66 bits per heavy atom. The SMILES string of the molecule is COc1cc(C[P+](c2ccccc2)(c2ccccc2)c2ccccc2)cc2sccc12.[Br-]. The van der Waals surface area contributed by atoms with Crippen molar-refractivity contribution in [3.8, 4) is 5.75 Å². The topological polar surface area (TPSA) is 9.23 Å². The summed E-state index contributed by atoms with van der Waals surface area (Å²) in [7, 11) is -0.148. The molecular weight excluding hydrogens is 495 g/mol. The average molecular weight is 519 g/mol. The van der Waals surface area contributed by atoms with Crippen LogP contribution in [0.25, 0.3) is 10.1 Å². The number of hydrogen-bond donors (Lipinski definition) is 0. The summed E-state index contributed by atoms with van der Waals surface area (Å²) in [5, 5.41) is 7.54. The van der Waals surface area contributed by atoms with E-state index in [0.717, 1.165) is 11.9 Å². The molecule has 0 saturated carbocycles. The highest BCUT2D eigenvalue weighted by Gasteiger charge is 2.45. The molecule has 0 N–H and O–H groups in total. The maximum atomic E-state index is 5.78. The summed E-state index contributed by atoms with van der Waals surface area (Å²) >= 11 is 1.78. The van der Waals surface area contributed by atoms with Crippen LogP contribution in [0.3, 0.4) is 0 Å². The lowest BCUT2D eigenvalue weighted by molar-refractivity contribution is -0.00000618. The van der Waals surface area contributed by atoms with E-state index in [1.54, 1.807) is 18.4 Å². The number of benzene rings is 4. The number of halogens is 1. The van der Waals surface area contributed by atoms with E-state index in [1.165, 1.54) is 31.6 Å². The third-order valence-corrected chi connectivity index (χ3v) is 11.1. The quantitative estimate of drug-likeness (QED) is 0.313. The molecule has 4 aromatic carbocycles. The predicted octanol–water partition coefficient (Wildman–Crippen LogP) is 3.41. The van der Waals surface area contributed by atoms with Crippen LogP contribution in [0.2, 0.25) is 0 Å². The number of methoxy groups -OCH3 is 1. The molecule has 0 aliphatic carbocycles. The molecule has 0 amide bonds. The number of ether oxygens (including phenoxy) is 1. The fourth-order valence-electron chi connectivity index (χ4n) is 4.40. The van der Waals surface area contributed by atoms with Gasteiger partial charge in [0.25, 0.3) is 0 Å². The molecular formula is C28H24BrOPS. The van der Waals surface area contributed by atoms with Gasteiger partial charge in [-0.25, -0.2) is 0 Å². The van der Waals surface area contributed by atoms with Crippen molar-refractivity contribution in [2.24, 2.45) is 0 Å². The van der Waals surface area contributed by atoms with Gasteiger partial charge in [-0.1, -0.05) is 54.6 Å². The van der Waals surface area contributed by atoms with E-state index in [-0.39, 0.29) is 17.0 Å². The summed E-state index contributed by atoms with van der Waals surface area (Å²) < 4.78 is 7.06. The van der Waals surface area contributed by atoms with Crippen LogP contribution in [0.4, 0.5) is 0 Å². The van der Waals surface area contributed by atoms with E-state index in [1.807, 2.05) is 0 Å². The van der Waals surface area contributed by atoms with Crippen molar-refractivity contribution in [2.75, 3.05) is 7.11 Å². The highest BCUT2D eigenvalue weighted by molar-refractivity contribution is 7.95. The first-order chi connectivity index (χ1) is 15.3. The molecule has 0 aliphatic heterocycles. The van der Waals surface area contributed by atoms with Crippen molar-refractivity contribution in [1.82, 2.24) is 0 Å². The molecule has 0 bridgehead atoms. The normalized spacial score (nSPS) is 11.2. The van der Waals surface area contributed by atoms with Crippen molar-refractivity contribution in [3.63, 3.8) is 0 Å². The maximum Gasteiger partial charge on any atom is 0.127 e. The second kappa shape index (κ2) is 10.0. The van der Waals surface area contributed by atoms with Crippen molar-refractivity contribution in [2.45, 2.75) is 6.16 Å². The van der Waals surface area contributed by atoms with Crippen LogP contribution in [0.5, 0.6) is 5.75 Å². The molecule has 1 heterocycles. The van der Waals surface area contributed by atoms with Gasteiger partial charge in [-0.15, -0.1) is 11.3 Å². The van der Waals surface area contributed by atoms with Crippen molar-refractivity contribution in [3.05, 3.63) is 120 Å². The van der Waals surface area contributed by atoms with Gasteiger partial charge >= 0.3 is 0 Å². The molecule has 0 fully saturated rings. The van der Waals surface area contributed by atoms with E-state index in [2.05, 4.69) is 115 Å². The van der Waals surface area contributed by atoms with Crippen molar-refractivity contribution in [1.29, 1.82) is 0 Å². The minimum Gasteiger partial charge on any atom is -1.00 e. The fraction of sp³-hybridized carbons (Fsp3) is 0.0714. The first-order valence-electron chi connectivity index (χ1n) is 10.4. The number of hydrogen-bond acceptors (Lipinski definition) is 2. The van der Waals surface area contributed by atoms with Crippen LogP contribution in [-0.4, -0.2) is 7.11 Å². The monoisotopic (exact) mass is 518 g/mol. The molecule has 0 radical (unpaired) electrons. The van der Waals surface area contributed by atoms with Gasteiger partial charge in [0.1, 0.15) is 28.9 Å². The Balaban J connectivity index is 0.00000245. The third kappa shape index (κ3) is 4.13. The van der Waals surface area contributed by atoms with Gasteiger partial charge in [-0.2, -0.15) is 0 Å². The molecule has 0 atom stereocenters. The van der Waals surface area contributed by atoms with Gasteiger partial charge < -0.3 is 21.7 Å². The largest absolute Gasteiger partial charge is 1.00 e. The summed E-state index contributed by atoms with van der Waals surface area (Å²) in [5.41, 5.74) is 1.32. The summed E-state index contributed by atoms with van der Waals surface area (Å²) in [5.74, 6) is 0.959. The molecule has 5 rings (SSSR count). The molecule has 0 saturated heterocycles. The van der Waals surface area contributed by atoms with Crippen LogP contribution in [-0.2, 0) is 6.16 Å². The predicted molar refractivity (Wildman–Crippen MR) is 137 cm³/mol. The van der Waals surface area contributed by atoms with E-state index in [9.17, 15) is 0 Å². The lowest BCUT2D eigenvalue weighted by atomic mass is 10.2. The van der Waals surface area contributed by atoms with Crippen LogP contribution < -0.4 is 37.6 Å². The smallest absolute Gasteiger partial charge is 0.127 e. The molecule has 5 aromatic rings. The lowest BCUT2D eigenvalue weighted by Crippen LogP contribution is -3.00. The minimum atomic E-state index is -1.92. The van der Waals surface area contributed by atoms with Crippen molar-refractivity contribution >= 4 is 44.6 Å². The van der Waals surface area contributed by atoms with Crippen LogP contribution in [0.15, 0.2) is 115 Å². The van der Waals surface area contributed by atoms with Gasteiger partial charge in [0.15, 0.2) is 0 Å². The molecule has 32 heavy (non-hydrogen) atoms. The molecule has 4 heteroatoms. The Labute approximate surface area is 204 Å². The Morgan fingerprint density at radius 1 is 0.688 bits per heavy atom. The van der Waals surface area contributed by atoms with E-state index in [0.29, 0.717) is 0 Å². The Kier molecular flexibility index (Phi) is 7.10. The first-order valence-corrected chi connectivity index (χ1v) is 13.3. The van der Waals surface area contributed by atoms with E-state index in [4.69, 9.17) is 4.74 Å². The Hall–Kier alpha value is -2.45. The van der Waals surface area contributed by atoms with Crippen LogP contribution in [0.1, 0.15) is 5.56 Å². The lowest BCUT2D eigenvalue weighted by Gasteiger charge is -2.28. The first kappa shape index (κ1) is 22.7. The third-order valence-electron chi connectivity index (χ3n) is 5.82. The summed E-state index contributed by atoms with van der Waals surface area (Å²) in [6.45, 7) is 0. The van der Waals surface area contributed by atoms with E-state index < -0.39 is 7.26 Å². The van der Waals surface area contributed by atoms with Gasteiger partial charge in [-0.3, -0.25) is 0 Å². The molecule has 0 aliphatic rings. The van der Waals surface area contributed by atoms with Gasteiger partial charge in [-0.05, 0) is 65.5 Å². The maximum absolute atomic E-state index is 5.78. The van der Waals surface area contributed by atoms with E-state index >= 15 is 0 Å². The second-order valence-corrected chi connectivity index (χ2v) is 12.0. The summed E-state index contributed by atoms with van der Waals surface area (Å²) in [6, 6.07) is 39.9. The zero-order valence-electron chi connectivity index (χ0n) is 17.8. The highest BCUT2D eigenvalue weighted by atomic mass is 79.9. The molecule has 0 unspecified atom stereocenters. The van der Waals surface area contributed by atoms with Crippen molar-refractivity contribution < 1.29 is 21.7 Å². The molecule has 0 spiro atoms. The summed E-state index contributed by atoms with van der Waals surface area (Å²) in [4.78, 5) is 0. The average Bonchev–Trinajstić information content (AvgIpc) is 3.32. The molecule has 1 aromatic heterocycles. The number of thiophene rings is 1. The molecule has 1 nitrogen and oxygen atoms in total. The van der Waals surface area contributed by atoms with Gasteiger partial charge in [0, 0.05) is 10.1 Å². The van der Waals surface area contributed by atoms with Crippen LogP contribution in [0, 0.1) is 0 Å². The van der Waals surface area contributed by atoms with Gasteiger partial charge in [0.2, 0.25) is 0 Å². The van der Waals surface area contributed by atoms with Crippen LogP contribution >= 0.6 is 18.6 Å². The summed E-state index contributed by atoms with van der Waals surface area (Å²) in [6.07, 6.45) is 0.954. The minimum absolute atomic E-state index is 0. The Morgan fingerprint density at radius 2 is 1.19 bits per heavy atom.